The molecule has 0 aromatic heterocycles. The Bertz CT molecular complexity index is 833. The van der Waals surface area contributed by atoms with Crippen LogP contribution in [0.4, 0.5) is 4.39 Å². The highest BCUT2D eigenvalue weighted by Gasteiger charge is 2.24. The Morgan fingerprint density at radius 1 is 1.19 bits per heavy atom. The summed E-state index contributed by atoms with van der Waals surface area (Å²) in [5.74, 6) is -0.0737. The number of carbonyl (C=O) groups excluding carboxylic acids is 2. The van der Waals surface area contributed by atoms with Gasteiger partial charge in [-0.3, -0.25) is 9.59 Å². The summed E-state index contributed by atoms with van der Waals surface area (Å²) in [4.78, 5) is 25.1. The first-order valence-corrected chi connectivity index (χ1v) is 9.49. The molecule has 0 bridgehead atoms. The number of halogens is 1. The SMILES string of the molecule is Cc1cc(C)cc(C(=O)NCC(=O)NC2CCSc3c(F)cccc32)c1. The number of nitrogens with one attached hydrogen (secondary N) is 2. The first-order valence-electron chi connectivity index (χ1n) is 8.51. The molecular weight excluding hydrogens is 351 g/mol. The molecule has 0 fully saturated rings. The lowest BCUT2D eigenvalue weighted by Crippen LogP contribution is -2.39. The Labute approximate surface area is 156 Å². The third-order valence-corrected chi connectivity index (χ3v) is 5.41. The molecule has 26 heavy (non-hydrogen) atoms. The van der Waals surface area contributed by atoms with Crippen molar-refractivity contribution in [2.45, 2.75) is 31.2 Å². The number of rotatable bonds is 4. The topological polar surface area (TPSA) is 58.2 Å². The zero-order chi connectivity index (χ0) is 18.7. The Kier molecular flexibility index (Phi) is 5.61. The smallest absolute Gasteiger partial charge is 0.251 e. The van der Waals surface area contributed by atoms with Crippen LogP contribution >= 0.6 is 11.8 Å². The Morgan fingerprint density at radius 2 is 1.92 bits per heavy atom. The summed E-state index contributed by atoms with van der Waals surface area (Å²) in [5, 5.41) is 5.55. The quantitative estimate of drug-likeness (QED) is 0.863. The van der Waals surface area contributed by atoms with Crippen molar-refractivity contribution in [1.82, 2.24) is 10.6 Å². The van der Waals surface area contributed by atoms with Gasteiger partial charge in [-0.25, -0.2) is 4.39 Å². The molecule has 6 heteroatoms. The monoisotopic (exact) mass is 372 g/mol. The molecule has 1 atom stereocenters. The molecule has 3 rings (SSSR count). The van der Waals surface area contributed by atoms with E-state index in [-0.39, 0.29) is 30.2 Å². The van der Waals surface area contributed by atoms with E-state index in [0.29, 0.717) is 10.5 Å². The van der Waals surface area contributed by atoms with Crippen LogP contribution in [0.5, 0.6) is 0 Å². The van der Waals surface area contributed by atoms with Crippen LogP contribution in [0.1, 0.15) is 39.5 Å². The van der Waals surface area contributed by atoms with Crippen LogP contribution in [0.15, 0.2) is 41.3 Å². The molecule has 2 amide bonds. The maximum atomic E-state index is 13.9. The zero-order valence-electron chi connectivity index (χ0n) is 14.8. The average Bonchev–Trinajstić information content (AvgIpc) is 2.60. The summed E-state index contributed by atoms with van der Waals surface area (Å²) in [6, 6.07) is 10.3. The fraction of sp³-hybridized carbons (Fsp3) is 0.300. The van der Waals surface area contributed by atoms with Crippen molar-refractivity contribution < 1.29 is 14.0 Å². The Morgan fingerprint density at radius 3 is 2.65 bits per heavy atom. The lowest BCUT2D eigenvalue weighted by atomic mass is 10.0. The molecule has 0 radical (unpaired) electrons. The standard InChI is InChI=1S/C20H21FN2O2S/c1-12-8-13(2)10-14(9-12)20(25)22-11-18(24)23-17-6-7-26-19-15(17)4-3-5-16(19)21/h3-5,8-10,17H,6-7,11H2,1-2H3,(H,22,25)(H,23,24). The molecule has 1 aliphatic heterocycles. The van der Waals surface area contributed by atoms with Crippen LogP contribution in [0, 0.1) is 19.7 Å². The number of fused-ring (bicyclic) bond motifs is 1. The van der Waals surface area contributed by atoms with Crippen molar-refractivity contribution in [2.24, 2.45) is 0 Å². The fourth-order valence-electron chi connectivity index (χ4n) is 3.15. The van der Waals surface area contributed by atoms with Crippen LogP contribution in [0.2, 0.25) is 0 Å². The number of thioether (sulfide) groups is 1. The van der Waals surface area contributed by atoms with E-state index in [9.17, 15) is 14.0 Å². The van der Waals surface area contributed by atoms with Crippen molar-refractivity contribution in [3.63, 3.8) is 0 Å². The summed E-state index contributed by atoms with van der Waals surface area (Å²) in [6.07, 6.45) is 0.734. The van der Waals surface area contributed by atoms with Gasteiger partial charge in [0, 0.05) is 16.2 Å². The van der Waals surface area contributed by atoms with Gasteiger partial charge in [-0.2, -0.15) is 0 Å². The van der Waals surface area contributed by atoms with Crippen molar-refractivity contribution >= 4 is 23.6 Å². The average molecular weight is 372 g/mol. The molecule has 0 saturated heterocycles. The number of hydrogen-bond donors (Lipinski definition) is 2. The summed E-state index contributed by atoms with van der Waals surface area (Å²) in [7, 11) is 0. The van der Waals surface area contributed by atoms with Gasteiger partial charge in [0.25, 0.3) is 5.91 Å². The summed E-state index contributed by atoms with van der Waals surface area (Å²) < 4.78 is 13.9. The van der Waals surface area contributed by atoms with E-state index >= 15 is 0 Å². The van der Waals surface area contributed by atoms with Crippen LogP contribution < -0.4 is 10.6 Å². The van der Waals surface area contributed by atoms with Crippen LogP contribution in [-0.2, 0) is 4.79 Å². The van der Waals surface area contributed by atoms with Crippen molar-refractivity contribution in [3.05, 3.63) is 64.5 Å². The Balaban J connectivity index is 1.60. The van der Waals surface area contributed by atoms with Crippen LogP contribution in [0.25, 0.3) is 0 Å². The Hall–Kier alpha value is -2.34. The van der Waals surface area contributed by atoms with Gasteiger partial charge in [-0.15, -0.1) is 11.8 Å². The van der Waals surface area contributed by atoms with Gasteiger partial charge in [0.05, 0.1) is 12.6 Å². The predicted molar refractivity (Wildman–Crippen MR) is 101 cm³/mol. The largest absolute Gasteiger partial charge is 0.348 e. The summed E-state index contributed by atoms with van der Waals surface area (Å²) in [5.41, 5.74) is 3.34. The number of hydrogen-bond acceptors (Lipinski definition) is 3. The second kappa shape index (κ2) is 7.91. The maximum absolute atomic E-state index is 13.9. The number of benzene rings is 2. The lowest BCUT2D eigenvalue weighted by Gasteiger charge is -2.26. The molecule has 1 unspecified atom stereocenters. The van der Waals surface area contributed by atoms with Crippen molar-refractivity contribution in [3.8, 4) is 0 Å². The van der Waals surface area contributed by atoms with Gasteiger partial charge >= 0.3 is 0 Å². The van der Waals surface area contributed by atoms with E-state index < -0.39 is 0 Å². The fourth-order valence-corrected chi connectivity index (χ4v) is 4.29. The van der Waals surface area contributed by atoms with Gasteiger partial charge in [-0.1, -0.05) is 29.3 Å². The number of amides is 2. The predicted octanol–water partition coefficient (Wildman–Crippen LogP) is 3.53. The first kappa shape index (κ1) is 18.5. The third kappa shape index (κ3) is 4.25. The molecule has 2 aromatic carbocycles. The van der Waals surface area contributed by atoms with Gasteiger partial charge in [0.2, 0.25) is 5.91 Å². The van der Waals surface area contributed by atoms with E-state index in [0.717, 1.165) is 28.9 Å². The molecule has 4 nitrogen and oxygen atoms in total. The van der Waals surface area contributed by atoms with Crippen LogP contribution in [-0.4, -0.2) is 24.1 Å². The molecule has 1 aliphatic rings. The molecule has 2 N–H and O–H groups in total. The molecule has 136 valence electrons. The van der Waals surface area contributed by atoms with E-state index in [2.05, 4.69) is 10.6 Å². The molecule has 2 aromatic rings. The second-order valence-corrected chi connectivity index (χ2v) is 7.58. The van der Waals surface area contributed by atoms with E-state index in [1.54, 1.807) is 18.2 Å². The number of carbonyl (C=O) groups is 2. The lowest BCUT2D eigenvalue weighted by molar-refractivity contribution is -0.120. The first-order chi connectivity index (χ1) is 12.4. The van der Waals surface area contributed by atoms with Gasteiger partial charge in [0.15, 0.2) is 0 Å². The molecular formula is C20H21FN2O2S. The second-order valence-electron chi connectivity index (χ2n) is 6.47. The van der Waals surface area contributed by atoms with Gasteiger partial charge < -0.3 is 10.6 Å². The van der Waals surface area contributed by atoms with Gasteiger partial charge in [0.1, 0.15) is 5.82 Å². The minimum atomic E-state index is -0.283. The minimum Gasteiger partial charge on any atom is -0.348 e. The molecule has 0 aliphatic carbocycles. The van der Waals surface area contributed by atoms with Gasteiger partial charge in [-0.05, 0) is 44.0 Å². The van der Waals surface area contributed by atoms with E-state index in [1.807, 2.05) is 26.0 Å². The summed E-state index contributed by atoms with van der Waals surface area (Å²) in [6.45, 7) is 3.74. The highest BCUT2D eigenvalue weighted by molar-refractivity contribution is 7.99. The minimum absolute atomic E-state index is 0.111. The van der Waals surface area contributed by atoms with E-state index in [4.69, 9.17) is 0 Å². The zero-order valence-corrected chi connectivity index (χ0v) is 15.6. The van der Waals surface area contributed by atoms with Crippen molar-refractivity contribution in [1.29, 1.82) is 0 Å². The molecule has 0 spiro atoms. The highest BCUT2D eigenvalue weighted by atomic mass is 32.2. The number of aryl methyl sites for hydroxylation is 2. The van der Waals surface area contributed by atoms with Crippen molar-refractivity contribution in [2.75, 3.05) is 12.3 Å². The van der Waals surface area contributed by atoms with Crippen LogP contribution in [0.3, 0.4) is 0 Å². The summed E-state index contributed by atoms with van der Waals surface area (Å²) >= 11 is 1.47. The normalized spacial score (nSPS) is 15.9. The van der Waals surface area contributed by atoms with E-state index in [1.165, 1.54) is 17.8 Å². The molecule has 0 saturated carbocycles. The highest BCUT2D eigenvalue weighted by Crippen LogP contribution is 2.37. The maximum Gasteiger partial charge on any atom is 0.251 e. The molecule has 1 heterocycles. The third-order valence-electron chi connectivity index (χ3n) is 4.25.